The van der Waals surface area contributed by atoms with Crippen molar-refractivity contribution in [2.75, 3.05) is 0 Å². The zero-order valence-electron chi connectivity index (χ0n) is 11.0. The molecule has 104 valence electrons. The van der Waals surface area contributed by atoms with Gasteiger partial charge in [-0.25, -0.2) is 9.78 Å². The minimum Gasteiger partial charge on any atom is -0.465 e. The Morgan fingerprint density at radius 1 is 1.60 bits per heavy atom. The maximum atomic E-state index is 11.8. The molecule has 0 fully saturated rings. The van der Waals surface area contributed by atoms with E-state index in [1.165, 1.54) is 23.8 Å². The molecule has 0 unspecified atom stereocenters. The van der Waals surface area contributed by atoms with Gasteiger partial charge in [-0.2, -0.15) is 4.68 Å². The first-order chi connectivity index (χ1) is 10.1. The molecule has 0 amide bonds. The summed E-state index contributed by atoms with van der Waals surface area (Å²) in [7, 11) is 1.45. The fourth-order valence-corrected chi connectivity index (χ4v) is 2.00. The molecule has 0 saturated heterocycles. The number of tetrazole rings is 1. The van der Waals surface area contributed by atoms with E-state index in [0.29, 0.717) is 10.8 Å². The van der Waals surface area contributed by atoms with Gasteiger partial charge in [0.05, 0.1) is 6.93 Å². The van der Waals surface area contributed by atoms with Crippen molar-refractivity contribution in [3.05, 3.63) is 32.8 Å². The van der Waals surface area contributed by atoms with Crippen LogP contribution in [0, 0.1) is 0 Å². The Labute approximate surface area is 121 Å². The molecule has 11 heteroatoms. The van der Waals surface area contributed by atoms with Gasteiger partial charge in [0.2, 0.25) is 0 Å². The van der Waals surface area contributed by atoms with Crippen LogP contribution in [0.5, 0.6) is 5.19 Å². The number of hydrogen-bond donors (Lipinski definition) is 0. The molecule has 0 aliphatic rings. The van der Waals surface area contributed by atoms with Crippen LogP contribution in [0.1, 0.15) is 6.93 Å². The number of halogens is 1. The molecule has 0 atom stereocenters. The molecule has 0 aromatic carbocycles. The highest BCUT2D eigenvalue weighted by Crippen LogP contribution is 2.24. The average molecular weight is 317 g/mol. The van der Waals surface area contributed by atoms with Crippen LogP contribution in [0.2, 0.25) is 5.15 Å². The van der Waals surface area contributed by atoms with E-state index < -0.39 is 5.69 Å². The summed E-state index contributed by atoms with van der Waals surface area (Å²) >= 11 is 7.09. The highest BCUT2D eigenvalue weighted by Gasteiger charge is 2.21. The fourth-order valence-electron chi connectivity index (χ4n) is 1.39. The van der Waals surface area contributed by atoms with Gasteiger partial charge in [0.15, 0.2) is 5.15 Å². The third kappa shape index (κ3) is 2.18. The minimum absolute atomic E-state index is 0.0285. The molecule has 0 N–H and O–H groups in total. The second-order valence-electron chi connectivity index (χ2n) is 3.59. The molecule has 0 spiro atoms. The van der Waals surface area contributed by atoms with Crippen molar-refractivity contribution in [2.24, 2.45) is 7.05 Å². The molecule has 0 bridgehead atoms. The molecular formula is C9H7ClN6O3S. The molecule has 0 aliphatic heterocycles. The lowest BCUT2D eigenvalue weighted by molar-refractivity contribution is 0.301. The molecule has 3 rings (SSSR count). The van der Waals surface area contributed by atoms with Crippen molar-refractivity contribution in [2.45, 2.75) is 6.61 Å². The normalized spacial score (nSPS) is 11.6. The minimum atomic E-state index is -0.508. The lowest BCUT2D eigenvalue weighted by atomic mass is 10.3. The monoisotopic (exact) mass is 316 g/mol. The van der Waals surface area contributed by atoms with Gasteiger partial charge in [-0.05, 0) is 10.4 Å². The predicted molar refractivity (Wildman–Crippen MR) is 68.1 cm³/mol. The van der Waals surface area contributed by atoms with E-state index in [1.54, 1.807) is 0 Å². The molecule has 20 heavy (non-hydrogen) atoms. The first-order valence-corrected chi connectivity index (χ1v) is 6.50. The third-order valence-electron chi connectivity index (χ3n) is 2.34. The zero-order valence-corrected chi connectivity index (χ0v) is 11.6. The van der Waals surface area contributed by atoms with Gasteiger partial charge >= 0.3 is 5.69 Å². The molecule has 3 aromatic rings. The van der Waals surface area contributed by atoms with Gasteiger partial charge in [0.25, 0.3) is 11.1 Å². The van der Waals surface area contributed by atoms with Crippen LogP contribution in [0.25, 0.3) is 5.88 Å². The summed E-state index contributed by atoms with van der Waals surface area (Å²) in [6.07, 6.45) is 0.108. The Bertz CT molecular complexity index is 839. The molecular weight excluding hydrogens is 308 g/mol. The Morgan fingerprint density at radius 2 is 2.45 bits per heavy atom. The van der Waals surface area contributed by atoms with Gasteiger partial charge < -0.3 is 9.26 Å². The van der Waals surface area contributed by atoms with Crippen molar-refractivity contribution in [1.82, 2.24) is 29.9 Å². The van der Waals surface area contributed by atoms with Crippen molar-refractivity contribution >= 4 is 22.9 Å². The SMILES string of the molecule is [3H]c1csc(OCc2c(Cl)noc2-n2nnn(C)c2=O)n1. The van der Waals surface area contributed by atoms with E-state index in [-0.39, 0.29) is 23.8 Å². The summed E-state index contributed by atoms with van der Waals surface area (Å²) in [6.45, 7) is -0.0341. The molecule has 0 aliphatic carbocycles. The predicted octanol–water partition coefficient (Wildman–Crippen LogP) is 0.643. The van der Waals surface area contributed by atoms with Gasteiger partial charge in [-0.15, -0.1) is 4.68 Å². The smallest absolute Gasteiger partial charge is 0.370 e. The number of aromatic nitrogens is 6. The summed E-state index contributed by atoms with van der Waals surface area (Å²) < 4.78 is 19.7. The number of rotatable bonds is 4. The summed E-state index contributed by atoms with van der Waals surface area (Å²) in [6, 6.07) is 0. The zero-order chi connectivity index (χ0) is 15.0. The van der Waals surface area contributed by atoms with Crippen LogP contribution in [0.3, 0.4) is 0 Å². The van der Waals surface area contributed by atoms with Crippen LogP contribution in [-0.2, 0) is 13.7 Å². The summed E-state index contributed by atoms with van der Waals surface area (Å²) in [4.78, 5) is 15.6. The van der Waals surface area contributed by atoms with Gasteiger partial charge in [0, 0.05) is 18.6 Å². The Morgan fingerprint density at radius 3 is 3.10 bits per heavy atom. The molecule has 3 aromatic heterocycles. The Balaban J connectivity index is 1.90. The van der Waals surface area contributed by atoms with Crippen LogP contribution in [0.4, 0.5) is 0 Å². The number of hydrogen-bond acceptors (Lipinski definition) is 8. The van der Waals surface area contributed by atoms with E-state index in [9.17, 15) is 4.79 Å². The fraction of sp³-hybridized carbons (Fsp3) is 0.222. The summed E-state index contributed by atoms with van der Waals surface area (Å²) in [5, 5.41) is 12.7. The van der Waals surface area contributed by atoms with Crippen LogP contribution in [0.15, 0.2) is 20.9 Å². The third-order valence-corrected chi connectivity index (χ3v) is 3.27. The first-order valence-electron chi connectivity index (χ1n) is 5.74. The van der Waals surface area contributed by atoms with Crippen LogP contribution in [-0.4, -0.2) is 29.9 Å². The molecule has 0 saturated carbocycles. The van der Waals surface area contributed by atoms with E-state index in [1.807, 2.05) is 0 Å². The van der Waals surface area contributed by atoms with Crippen molar-refractivity contribution in [3.8, 4) is 11.1 Å². The maximum absolute atomic E-state index is 11.8. The largest absolute Gasteiger partial charge is 0.465 e. The topological polar surface area (TPSA) is 101 Å². The van der Waals surface area contributed by atoms with Gasteiger partial charge in [-0.1, -0.05) is 28.1 Å². The van der Waals surface area contributed by atoms with Crippen molar-refractivity contribution in [1.29, 1.82) is 0 Å². The number of aryl methyl sites for hydroxylation is 1. The quantitative estimate of drug-likeness (QED) is 0.696. The molecule has 0 radical (unpaired) electrons. The van der Waals surface area contributed by atoms with E-state index in [0.717, 1.165) is 9.36 Å². The maximum Gasteiger partial charge on any atom is 0.370 e. The lowest BCUT2D eigenvalue weighted by Gasteiger charge is -2.01. The van der Waals surface area contributed by atoms with Crippen molar-refractivity contribution < 1.29 is 10.6 Å². The van der Waals surface area contributed by atoms with Crippen LogP contribution < -0.4 is 10.4 Å². The summed E-state index contributed by atoms with van der Waals surface area (Å²) in [5.74, 6) is 0.0285. The number of nitrogens with zero attached hydrogens (tertiary/aromatic N) is 6. The highest BCUT2D eigenvalue weighted by atomic mass is 35.5. The number of ether oxygens (including phenoxy) is 1. The van der Waals surface area contributed by atoms with E-state index >= 15 is 0 Å². The second-order valence-corrected chi connectivity index (χ2v) is 4.76. The molecule has 3 heterocycles. The standard InChI is InChI=1S/C9H7ClN6O3S/c1-15-9(17)16(14-13-15)7-5(6(10)12-19-7)4-18-8-11-2-3-20-8/h2-3H,4H2,1H3/i2T. The molecule has 9 nitrogen and oxygen atoms in total. The van der Waals surface area contributed by atoms with Crippen LogP contribution >= 0.6 is 22.9 Å². The van der Waals surface area contributed by atoms with Crippen molar-refractivity contribution in [3.63, 3.8) is 0 Å². The van der Waals surface area contributed by atoms with Gasteiger partial charge in [-0.3, -0.25) is 0 Å². The highest BCUT2D eigenvalue weighted by molar-refractivity contribution is 7.11. The van der Waals surface area contributed by atoms with E-state index in [4.69, 9.17) is 22.2 Å². The lowest BCUT2D eigenvalue weighted by Crippen LogP contribution is -2.22. The first kappa shape index (κ1) is 11.6. The van der Waals surface area contributed by atoms with E-state index in [2.05, 4.69) is 20.6 Å². The van der Waals surface area contributed by atoms with Gasteiger partial charge in [0.1, 0.15) is 6.61 Å². The Hall–Kier alpha value is -2.20. The Kier molecular flexibility index (Phi) is 2.94. The summed E-state index contributed by atoms with van der Waals surface area (Å²) in [5.41, 5.74) is -0.173. The number of thiazole rings is 1. The average Bonchev–Trinajstić information content (AvgIpc) is 3.11. The second kappa shape index (κ2) is 5.06.